The van der Waals surface area contributed by atoms with Crippen molar-refractivity contribution in [3.63, 3.8) is 0 Å². The van der Waals surface area contributed by atoms with E-state index in [0.717, 1.165) is 12.3 Å². The Kier molecular flexibility index (Phi) is 7.23. The van der Waals surface area contributed by atoms with Crippen molar-refractivity contribution in [3.05, 3.63) is 25.3 Å². The first-order chi connectivity index (χ1) is 5.31. The van der Waals surface area contributed by atoms with Gasteiger partial charge in [0.2, 0.25) is 0 Å². The quantitative estimate of drug-likeness (QED) is 0.383. The van der Waals surface area contributed by atoms with Crippen molar-refractivity contribution in [3.8, 4) is 0 Å². The third kappa shape index (κ3) is 7.38. The summed E-state index contributed by atoms with van der Waals surface area (Å²) in [7, 11) is 0. The summed E-state index contributed by atoms with van der Waals surface area (Å²) >= 11 is 0. The summed E-state index contributed by atoms with van der Waals surface area (Å²) in [6.07, 6.45) is 10.3. The first-order valence-electron chi connectivity index (χ1n) is 4.53. The van der Waals surface area contributed by atoms with Gasteiger partial charge in [-0.3, -0.25) is 0 Å². The van der Waals surface area contributed by atoms with Gasteiger partial charge in [0.25, 0.3) is 0 Å². The van der Waals surface area contributed by atoms with Gasteiger partial charge in [-0.05, 0) is 25.2 Å². The minimum Gasteiger partial charge on any atom is -0.103 e. The maximum absolute atomic E-state index is 3.73. The lowest BCUT2D eigenvalue weighted by molar-refractivity contribution is 0.505. The molecule has 0 nitrogen and oxygen atoms in total. The van der Waals surface area contributed by atoms with Crippen LogP contribution in [-0.4, -0.2) is 0 Å². The largest absolute Gasteiger partial charge is 0.103 e. The zero-order valence-corrected chi connectivity index (χ0v) is 7.68. The first-order valence-corrected chi connectivity index (χ1v) is 4.53. The van der Waals surface area contributed by atoms with Gasteiger partial charge in [0.15, 0.2) is 0 Å². The molecular weight excluding hydrogens is 132 g/mol. The van der Waals surface area contributed by atoms with Gasteiger partial charge in [-0.1, -0.05) is 31.9 Å². The van der Waals surface area contributed by atoms with Crippen LogP contribution < -0.4 is 0 Å². The summed E-state index contributed by atoms with van der Waals surface area (Å²) in [5.74, 6) is 0.817. The predicted octanol–water partition coefficient (Wildman–Crippen LogP) is 3.95. The molecule has 0 aliphatic heterocycles. The van der Waals surface area contributed by atoms with E-state index in [1.165, 1.54) is 25.7 Å². The van der Waals surface area contributed by atoms with Gasteiger partial charge in [0, 0.05) is 0 Å². The summed E-state index contributed by atoms with van der Waals surface area (Å²) in [6, 6.07) is 0. The molecule has 11 heavy (non-hydrogen) atoms. The highest BCUT2D eigenvalue weighted by Crippen LogP contribution is 2.12. The van der Waals surface area contributed by atoms with Gasteiger partial charge >= 0.3 is 0 Å². The van der Waals surface area contributed by atoms with Gasteiger partial charge in [0.1, 0.15) is 0 Å². The second-order valence-electron chi connectivity index (χ2n) is 3.20. The van der Waals surface area contributed by atoms with E-state index in [0.29, 0.717) is 0 Å². The molecule has 0 fully saturated rings. The zero-order valence-electron chi connectivity index (χ0n) is 7.68. The van der Waals surface area contributed by atoms with Crippen LogP contribution >= 0.6 is 0 Å². The molecule has 64 valence electrons. The highest BCUT2D eigenvalue weighted by molar-refractivity contribution is 4.71. The molecule has 0 bridgehead atoms. The standard InChI is InChI=1S/C11H20/c1-4-6-7-8-10-11(3)9-5-2/h4-5,11H,1-2,6-10H2,3H3. The summed E-state index contributed by atoms with van der Waals surface area (Å²) in [4.78, 5) is 0. The Bertz CT molecular complexity index is 103. The molecule has 0 spiro atoms. The lowest BCUT2D eigenvalue weighted by atomic mass is 10.00. The van der Waals surface area contributed by atoms with Crippen LogP contribution in [0.1, 0.15) is 39.0 Å². The summed E-state index contributed by atoms with van der Waals surface area (Å²) in [5.41, 5.74) is 0. The van der Waals surface area contributed by atoms with Crippen molar-refractivity contribution in [1.82, 2.24) is 0 Å². The fraction of sp³-hybridized carbons (Fsp3) is 0.636. The van der Waals surface area contributed by atoms with Crippen LogP contribution in [0, 0.1) is 5.92 Å². The number of allylic oxidation sites excluding steroid dienone is 2. The van der Waals surface area contributed by atoms with Gasteiger partial charge in [-0.2, -0.15) is 0 Å². The minimum absolute atomic E-state index is 0.817. The smallest absolute Gasteiger partial charge is 0.0328 e. The molecule has 0 aromatic heterocycles. The van der Waals surface area contributed by atoms with E-state index in [9.17, 15) is 0 Å². The molecule has 0 saturated heterocycles. The Morgan fingerprint density at radius 3 is 2.45 bits per heavy atom. The number of rotatable bonds is 7. The van der Waals surface area contributed by atoms with Crippen molar-refractivity contribution in [2.75, 3.05) is 0 Å². The zero-order chi connectivity index (χ0) is 8.53. The van der Waals surface area contributed by atoms with E-state index >= 15 is 0 Å². The van der Waals surface area contributed by atoms with Crippen LogP contribution in [-0.2, 0) is 0 Å². The van der Waals surface area contributed by atoms with Crippen molar-refractivity contribution in [2.24, 2.45) is 5.92 Å². The summed E-state index contributed by atoms with van der Waals surface area (Å²) in [6.45, 7) is 9.71. The molecular formula is C11H20. The Hall–Kier alpha value is -0.520. The van der Waals surface area contributed by atoms with Crippen LogP contribution in [0.5, 0.6) is 0 Å². The molecule has 0 rings (SSSR count). The van der Waals surface area contributed by atoms with Crippen molar-refractivity contribution >= 4 is 0 Å². The minimum atomic E-state index is 0.817. The summed E-state index contributed by atoms with van der Waals surface area (Å²) < 4.78 is 0. The van der Waals surface area contributed by atoms with E-state index in [2.05, 4.69) is 20.1 Å². The van der Waals surface area contributed by atoms with Crippen LogP contribution in [0.25, 0.3) is 0 Å². The van der Waals surface area contributed by atoms with Crippen LogP contribution in [0.4, 0.5) is 0 Å². The molecule has 0 aliphatic carbocycles. The molecule has 0 radical (unpaired) electrons. The Labute approximate surface area is 71.0 Å². The maximum Gasteiger partial charge on any atom is -0.0328 e. The Balaban J connectivity index is 3.09. The predicted molar refractivity (Wildman–Crippen MR) is 52.6 cm³/mol. The normalized spacial score (nSPS) is 12.5. The average Bonchev–Trinajstić information content (AvgIpc) is 1.99. The van der Waals surface area contributed by atoms with Crippen molar-refractivity contribution in [1.29, 1.82) is 0 Å². The van der Waals surface area contributed by atoms with Crippen LogP contribution in [0.3, 0.4) is 0 Å². The van der Waals surface area contributed by atoms with E-state index in [-0.39, 0.29) is 0 Å². The van der Waals surface area contributed by atoms with E-state index in [1.54, 1.807) is 0 Å². The SMILES string of the molecule is C=CCCCCC(C)CC=C. The first kappa shape index (κ1) is 10.5. The number of hydrogen-bond donors (Lipinski definition) is 0. The fourth-order valence-electron chi connectivity index (χ4n) is 1.18. The highest BCUT2D eigenvalue weighted by Gasteiger charge is 1.97. The van der Waals surface area contributed by atoms with Gasteiger partial charge < -0.3 is 0 Å². The van der Waals surface area contributed by atoms with Crippen LogP contribution in [0.2, 0.25) is 0 Å². The van der Waals surface area contributed by atoms with E-state index < -0.39 is 0 Å². The third-order valence-electron chi connectivity index (χ3n) is 1.92. The molecule has 0 amide bonds. The highest BCUT2D eigenvalue weighted by atomic mass is 14.0. The van der Waals surface area contributed by atoms with Crippen LogP contribution in [0.15, 0.2) is 25.3 Å². The average molecular weight is 152 g/mol. The summed E-state index contributed by atoms with van der Waals surface area (Å²) in [5, 5.41) is 0. The molecule has 0 heteroatoms. The number of hydrogen-bond acceptors (Lipinski definition) is 0. The lowest BCUT2D eigenvalue weighted by Crippen LogP contribution is -1.91. The van der Waals surface area contributed by atoms with Crippen molar-refractivity contribution < 1.29 is 0 Å². The molecule has 1 atom stereocenters. The topological polar surface area (TPSA) is 0 Å². The fourth-order valence-corrected chi connectivity index (χ4v) is 1.18. The molecule has 0 aliphatic rings. The lowest BCUT2D eigenvalue weighted by Gasteiger charge is -2.06. The van der Waals surface area contributed by atoms with Gasteiger partial charge in [0.05, 0.1) is 0 Å². The van der Waals surface area contributed by atoms with E-state index in [1.807, 2.05) is 12.2 Å². The molecule has 0 N–H and O–H groups in total. The molecule has 0 heterocycles. The third-order valence-corrected chi connectivity index (χ3v) is 1.92. The van der Waals surface area contributed by atoms with Crippen molar-refractivity contribution in [2.45, 2.75) is 39.0 Å². The second-order valence-corrected chi connectivity index (χ2v) is 3.20. The second kappa shape index (κ2) is 7.59. The molecule has 0 aromatic rings. The maximum atomic E-state index is 3.73. The van der Waals surface area contributed by atoms with E-state index in [4.69, 9.17) is 0 Å². The number of unbranched alkanes of at least 4 members (excludes halogenated alkanes) is 2. The Morgan fingerprint density at radius 1 is 1.18 bits per heavy atom. The Morgan fingerprint density at radius 2 is 1.91 bits per heavy atom. The molecule has 0 saturated carbocycles. The molecule has 1 unspecified atom stereocenters. The molecule has 0 aromatic carbocycles. The van der Waals surface area contributed by atoms with Gasteiger partial charge in [-0.25, -0.2) is 0 Å². The van der Waals surface area contributed by atoms with Gasteiger partial charge in [-0.15, -0.1) is 13.2 Å². The monoisotopic (exact) mass is 152 g/mol.